The van der Waals surface area contributed by atoms with Crippen molar-refractivity contribution in [2.75, 3.05) is 14.2 Å². The summed E-state index contributed by atoms with van der Waals surface area (Å²) in [6, 6.07) is 0. The zero-order valence-corrected chi connectivity index (χ0v) is 14.9. The van der Waals surface area contributed by atoms with Gasteiger partial charge in [0.25, 0.3) is 0 Å². The molecule has 0 rings (SSSR count). The van der Waals surface area contributed by atoms with E-state index in [0.717, 1.165) is 25.7 Å². The van der Waals surface area contributed by atoms with E-state index in [1.54, 1.807) is 14.2 Å². The molecule has 0 aliphatic rings. The minimum Gasteiger partial charge on any atom is -0.356 e. The summed E-state index contributed by atoms with van der Waals surface area (Å²) in [7, 11) is 3.41. The number of hydrogen-bond donors (Lipinski definition) is 0. The van der Waals surface area contributed by atoms with Gasteiger partial charge in [-0.2, -0.15) is 0 Å². The Balaban J connectivity index is 3.28. The van der Waals surface area contributed by atoms with Gasteiger partial charge in [-0.3, -0.25) is 0 Å². The quantitative estimate of drug-likeness (QED) is 0.204. The standard InChI is InChI=1S/C20H36O2/c1-4-5-6-7-8-9-10-11-12-13-14-15-16-17-18-19-20(21-2)22-3/h5-6,8-9,11-12,20H,4,7,10,13-19H2,1-3H3. The van der Waals surface area contributed by atoms with Gasteiger partial charge in [0, 0.05) is 14.2 Å². The lowest BCUT2D eigenvalue weighted by molar-refractivity contribution is -0.107. The zero-order chi connectivity index (χ0) is 16.3. The molecular weight excluding hydrogens is 272 g/mol. The van der Waals surface area contributed by atoms with E-state index in [4.69, 9.17) is 9.47 Å². The van der Waals surface area contributed by atoms with Crippen LogP contribution >= 0.6 is 0 Å². The highest BCUT2D eigenvalue weighted by atomic mass is 16.7. The normalized spacial score (nSPS) is 12.5. The summed E-state index contributed by atoms with van der Waals surface area (Å²) in [5, 5.41) is 0. The Morgan fingerprint density at radius 2 is 1.23 bits per heavy atom. The van der Waals surface area contributed by atoms with Gasteiger partial charge in [-0.15, -0.1) is 0 Å². The molecule has 0 aliphatic heterocycles. The lowest BCUT2D eigenvalue weighted by Gasteiger charge is -2.12. The van der Waals surface area contributed by atoms with Crippen LogP contribution in [-0.4, -0.2) is 20.5 Å². The van der Waals surface area contributed by atoms with E-state index in [9.17, 15) is 0 Å². The Hall–Kier alpha value is -0.860. The van der Waals surface area contributed by atoms with Crippen LogP contribution in [0.5, 0.6) is 0 Å². The maximum Gasteiger partial charge on any atom is 0.156 e. The van der Waals surface area contributed by atoms with Gasteiger partial charge in [-0.1, -0.05) is 62.6 Å². The summed E-state index contributed by atoms with van der Waals surface area (Å²) >= 11 is 0. The van der Waals surface area contributed by atoms with Crippen LogP contribution < -0.4 is 0 Å². The first kappa shape index (κ1) is 21.1. The predicted molar refractivity (Wildman–Crippen MR) is 97.1 cm³/mol. The third-order valence-corrected chi connectivity index (χ3v) is 3.62. The summed E-state index contributed by atoms with van der Waals surface area (Å²) in [6.07, 6.45) is 25.4. The average molecular weight is 309 g/mol. The van der Waals surface area contributed by atoms with Gasteiger partial charge in [0.05, 0.1) is 0 Å². The molecule has 0 radical (unpaired) electrons. The van der Waals surface area contributed by atoms with E-state index in [1.165, 1.54) is 38.5 Å². The highest BCUT2D eigenvalue weighted by molar-refractivity contribution is 4.96. The number of hydrogen-bond acceptors (Lipinski definition) is 2. The maximum atomic E-state index is 5.18. The Morgan fingerprint density at radius 1 is 0.682 bits per heavy atom. The molecule has 128 valence electrons. The second kappa shape index (κ2) is 18.2. The largest absolute Gasteiger partial charge is 0.356 e. The topological polar surface area (TPSA) is 18.5 Å². The molecule has 0 saturated heterocycles. The number of ether oxygens (including phenoxy) is 2. The molecule has 0 saturated carbocycles. The summed E-state index contributed by atoms with van der Waals surface area (Å²) < 4.78 is 10.4. The van der Waals surface area contributed by atoms with E-state index >= 15 is 0 Å². The average Bonchev–Trinajstić information content (AvgIpc) is 2.55. The molecule has 2 heteroatoms. The van der Waals surface area contributed by atoms with E-state index in [2.05, 4.69) is 43.4 Å². The van der Waals surface area contributed by atoms with Crippen molar-refractivity contribution in [1.82, 2.24) is 0 Å². The molecular formula is C20H36O2. The van der Waals surface area contributed by atoms with Gasteiger partial charge in [-0.25, -0.2) is 0 Å². The van der Waals surface area contributed by atoms with Crippen LogP contribution in [0.15, 0.2) is 36.5 Å². The lowest BCUT2D eigenvalue weighted by atomic mass is 10.1. The van der Waals surface area contributed by atoms with Crippen LogP contribution in [0, 0.1) is 0 Å². The number of unbranched alkanes of at least 4 members (excludes halogenated alkanes) is 5. The molecule has 0 N–H and O–H groups in total. The van der Waals surface area contributed by atoms with E-state index in [-0.39, 0.29) is 6.29 Å². The van der Waals surface area contributed by atoms with Crippen molar-refractivity contribution in [1.29, 1.82) is 0 Å². The highest BCUT2D eigenvalue weighted by Crippen LogP contribution is 2.10. The molecule has 0 atom stereocenters. The van der Waals surface area contributed by atoms with Crippen molar-refractivity contribution in [3.05, 3.63) is 36.5 Å². The minimum atomic E-state index is -0.0200. The van der Waals surface area contributed by atoms with Gasteiger partial charge < -0.3 is 9.47 Å². The molecule has 2 nitrogen and oxygen atoms in total. The van der Waals surface area contributed by atoms with Crippen LogP contribution in [0.3, 0.4) is 0 Å². The van der Waals surface area contributed by atoms with Gasteiger partial charge in [0.15, 0.2) is 6.29 Å². The molecule has 0 amide bonds. The Kier molecular flexibility index (Phi) is 17.5. The van der Waals surface area contributed by atoms with E-state index in [0.29, 0.717) is 0 Å². The minimum absolute atomic E-state index is 0.0200. The van der Waals surface area contributed by atoms with Gasteiger partial charge in [-0.05, 0) is 44.9 Å². The highest BCUT2D eigenvalue weighted by Gasteiger charge is 2.03. The molecule has 0 aromatic rings. The first-order chi connectivity index (χ1) is 10.8. The fourth-order valence-corrected chi connectivity index (χ4v) is 2.26. The number of rotatable bonds is 15. The molecule has 0 aromatic carbocycles. The van der Waals surface area contributed by atoms with Crippen LogP contribution in [0.4, 0.5) is 0 Å². The van der Waals surface area contributed by atoms with Gasteiger partial charge >= 0.3 is 0 Å². The molecule has 22 heavy (non-hydrogen) atoms. The first-order valence-corrected chi connectivity index (χ1v) is 8.85. The van der Waals surface area contributed by atoms with Crippen molar-refractivity contribution >= 4 is 0 Å². The molecule has 0 heterocycles. The van der Waals surface area contributed by atoms with Crippen molar-refractivity contribution in [3.8, 4) is 0 Å². The Bertz CT molecular complexity index is 288. The summed E-state index contributed by atoms with van der Waals surface area (Å²) in [5.41, 5.74) is 0. The number of allylic oxidation sites excluding steroid dienone is 6. The SMILES string of the molecule is CCC=CCC=CCC=CCCCCCCCC(OC)OC. The van der Waals surface area contributed by atoms with Crippen molar-refractivity contribution in [2.24, 2.45) is 0 Å². The molecule has 0 bridgehead atoms. The molecule has 0 spiro atoms. The second-order valence-corrected chi connectivity index (χ2v) is 5.54. The predicted octanol–water partition coefficient (Wildman–Crippen LogP) is 6.19. The molecule has 0 aliphatic carbocycles. The van der Waals surface area contributed by atoms with Crippen molar-refractivity contribution in [2.45, 2.75) is 77.4 Å². The maximum absolute atomic E-state index is 5.18. The number of methoxy groups -OCH3 is 2. The van der Waals surface area contributed by atoms with Crippen LogP contribution in [0.1, 0.15) is 71.1 Å². The zero-order valence-electron chi connectivity index (χ0n) is 14.9. The third-order valence-electron chi connectivity index (χ3n) is 3.62. The van der Waals surface area contributed by atoms with Crippen LogP contribution in [0.2, 0.25) is 0 Å². The Labute approximate surface area is 138 Å². The van der Waals surface area contributed by atoms with Crippen molar-refractivity contribution in [3.63, 3.8) is 0 Å². The monoisotopic (exact) mass is 308 g/mol. The first-order valence-electron chi connectivity index (χ1n) is 8.85. The second-order valence-electron chi connectivity index (χ2n) is 5.54. The molecule has 0 unspecified atom stereocenters. The third kappa shape index (κ3) is 15.5. The Morgan fingerprint density at radius 3 is 1.86 bits per heavy atom. The fraction of sp³-hybridized carbons (Fsp3) is 0.700. The van der Waals surface area contributed by atoms with Gasteiger partial charge in [0.1, 0.15) is 0 Å². The molecule has 0 aromatic heterocycles. The molecule has 0 fully saturated rings. The van der Waals surface area contributed by atoms with Gasteiger partial charge in [0.2, 0.25) is 0 Å². The van der Waals surface area contributed by atoms with Crippen LogP contribution in [0.25, 0.3) is 0 Å². The van der Waals surface area contributed by atoms with E-state index in [1.807, 2.05) is 0 Å². The van der Waals surface area contributed by atoms with E-state index < -0.39 is 0 Å². The smallest absolute Gasteiger partial charge is 0.156 e. The summed E-state index contributed by atoms with van der Waals surface area (Å²) in [6.45, 7) is 2.17. The van der Waals surface area contributed by atoms with Crippen molar-refractivity contribution < 1.29 is 9.47 Å². The fourth-order valence-electron chi connectivity index (χ4n) is 2.26. The lowest BCUT2D eigenvalue weighted by Crippen LogP contribution is -2.12. The van der Waals surface area contributed by atoms with Crippen LogP contribution in [-0.2, 0) is 9.47 Å². The summed E-state index contributed by atoms with van der Waals surface area (Å²) in [5.74, 6) is 0. The summed E-state index contributed by atoms with van der Waals surface area (Å²) in [4.78, 5) is 0.